The van der Waals surface area contributed by atoms with E-state index in [4.69, 9.17) is 0 Å². The second-order valence-electron chi connectivity index (χ2n) is 5.47. The van der Waals surface area contributed by atoms with E-state index in [-0.39, 0.29) is 0 Å². The Morgan fingerprint density at radius 2 is 2.00 bits per heavy atom. The molecule has 1 saturated carbocycles. The van der Waals surface area contributed by atoms with Gasteiger partial charge >= 0.3 is 0 Å². The van der Waals surface area contributed by atoms with Crippen LogP contribution in [0.15, 0.2) is 6.33 Å². The molecule has 0 aliphatic heterocycles. The van der Waals surface area contributed by atoms with Gasteiger partial charge in [0.1, 0.15) is 0 Å². The van der Waals surface area contributed by atoms with Crippen LogP contribution in [0.2, 0.25) is 0 Å². The molecule has 16 heavy (non-hydrogen) atoms. The Bertz CT molecular complexity index is 322. The first kappa shape index (κ1) is 11.6. The maximum Gasteiger partial charge on any atom is 0.0925 e. The third-order valence-corrected chi connectivity index (χ3v) is 3.67. The van der Waals surface area contributed by atoms with Crippen LogP contribution >= 0.6 is 0 Å². The van der Waals surface area contributed by atoms with Gasteiger partial charge in [-0.25, -0.2) is 4.98 Å². The van der Waals surface area contributed by atoms with Crippen molar-refractivity contribution in [2.75, 3.05) is 0 Å². The van der Waals surface area contributed by atoms with Crippen LogP contribution in [0.3, 0.4) is 0 Å². The van der Waals surface area contributed by atoms with Gasteiger partial charge in [0, 0.05) is 18.3 Å². The summed E-state index contributed by atoms with van der Waals surface area (Å²) < 4.78 is 0. The number of imidazole rings is 1. The molecule has 3 heteroatoms. The van der Waals surface area contributed by atoms with Gasteiger partial charge in [-0.05, 0) is 38.0 Å². The van der Waals surface area contributed by atoms with Gasteiger partial charge in [-0.2, -0.15) is 0 Å². The SMILES string of the molecule is Cc1[nH]cnc1CNC1CC(C)CC(C)C1. The molecule has 2 atom stereocenters. The van der Waals surface area contributed by atoms with Gasteiger partial charge in [0.2, 0.25) is 0 Å². The average Bonchev–Trinajstić information content (AvgIpc) is 2.59. The second kappa shape index (κ2) is 5.00. The maximum atomic E-state index is 4.32. The molecule has 0 saturated heterocycles. The van der Waals surface area contributed by atoms with E-state index in [9.17, 15) is 0 Å². The first-order valence-electron chi connectivity index (χ1n) is 6.37. The minimum Gasteiger partial charge on any atom is -0.348 e. The summed E-state index contributed by atoms with van der Waals surface area (Å²) >= 11 is 0. The number of nitrogens with zero attached hydrogens (tertiary/aromatic N) is 1. The van der Waals surface area contributed by atoms with E-state index in [1.54, 1.807) is 6.33 Å². The van der Waals surface area contributed by atoms with E-state index in [2.05, 4.69) is 36.1 Å². The topological polar surface area (TPSA) is 40.7 Å². The Hall–Kier alpha value is -0.830. The predicted molar refractivity (Wildman–Crippen MR) is 66.1 cm³/mol. The first-order chi connectivity index (χ1) is 7.65. The van der Waals surface area contributed by atoms with Crippen molar-refractivity contribution in [1.82, 2.24) is 15.3 Å². The number of aryl methyl sites for hydroxylation is 1. The van der Waals surface area contributed by atoms with Crippen LogP contribution in [0.5, 0.6) is 0 Å². The van der Waals surface area contributed by atoms with Crippen LogP contribution in [0.1, 0.15) is 44.5 Å². The molecule has 1 fully saturated rings. The second-order valence-corrected chi connectivity index (χ2v) is 5.47. The van der Waals surface area contributed by atoms with Crippen LogP contribution in [0.4, 0.5) is 0 Å². The van der Waals surface area contributed by atoms with Crippen molar-refractivity contribution in [1.29, 1.82) is 0 Å². The minimum atomic E-state index is 0.676. The lowest BCUT2D eigenvalue weighted by atomic mass is 9.80. The van der Waals surface area contributed by atoms with Crippen molar-refractivity contribution >= 4 is 0 Å². The zero-order valence-electron chi connectivity index (χ0n) is 10.6. The fourth-order valence-electron chi connectivity index (χ4n) is 2.92. The fraction of sp³-hybridized carbons (Fsp3) is 0.769. The van der Waals surface area contributed by atoms with Crippen molar-refractivity contribution in [3.8, 4) is 0 Å². The van der Waals surface area contributed by atoms with E-state index in [0.29, 0.717) is 6.04 Å². The highest BCUT2D eigenvalue weighted by Gasteiger charge is 2.23. The molecule has 2 unspecified atom stereocenters. The molecule has 0 spiro atoms. The summed E-state index contributed by atoms with van der Waals surface area (Å²) in [4.78, 5) is 7.44. The lowest BCUT2D eigenvalue weighted by molar-refractivity contribution is 0.237. The van der Waals surface area contributed by atoms with Crippen molar-refractivity contribution in [2.24, 2.45) is 11.8 Å². The number of hydrogen-bond acceptors (Lipinski definition) is 2. The van der Waals surface area contributed by atoms with E-state index in [0.717, 1.165) is 24.1 Å². The number of aromatic amines is 1. The molecule has 1 aromatic rings. The summed E-state index contributed by atoms with van der Waals surface area (Å²) in [6.45, 7) is 7.71. The average molecular weight is 221 g/mol. The normalized spacial score (nSPS) is 30.6. The molecule has 0 aromatic carbocycles. The zero-order valence-corrected chi connectivity index (χ0v) is 10.6. The number of hydrogen-bond donors (Lipinski definition) is 2. The van der Waals surface area contributed by atoms with Crippen LogP contribution in [0, 0.1) is 18.8 Å². The zero-order chi connectivity index (χ0) is 11.5. The molecular weight excluding hydrogens is 198 g/mol. The van der Waals surface area contributed by atoms with Gasteiger partial charge in [0.25, 0.3) is 0 Å². The van der Waals surface area contributed by atoms with E-state index in [1.807, 2.05) is 0 Å². The van der Waals surface area contributed by atoms with E-state index < -0.39 is 0 Å². The molecule has 90 valence electrons. The largest absolute Gasteiger partial charge is 0.348 e. The first-order valence-corrected chi connectivity index (χ1v) is 6.37. The Morgan fingerprint density at radius 3 is 2.56 bits per heavy atom. The van der Waals surface area contributed by atoms with Gasteiger partial charge in [0.15, 0.2) is 0 Å². The Balaban J connectivity index is 1.84. The Kier molecular flexibility index (Phi) is 3.64. The standard InChI is InChI=1S/C13H23N3/c1-9-4-10(2)6-12(5-9)14-7-13-11(3)15-8-16-13/h8-10,12,14H,4-7H2,1-3H3,(H,15,16). The molecule has 1 aliphatic rings. The fourth-order valence-corrected chi connectivity index (χ4v) is 2.92. The lowest BCUT2D eigenvalue weighted by Crippen LogP contribution is -2.36. The van der Waals surface area contributed by atoms with Crippen LogP contribution < -0.4 is 5.32 Å². The summed E-state index contributed by atoms with van der Waals surface area (Å²) in [6.07, 6.45) is 5.79. The molecular formula is C13H23N3. The molecule has 2 N–H and O–H groups in total. The van der Waals surface area contributed by atoms with Crippen LogP contribution in [-0.4, -0.2) is 16.0 Å². The summed E-state index contributed by atoms with van der Waals surface area (Å²) in [5.74, 6) is 1.73. The molecule has 0 bridgehead atoms. The number of nitrogens with one attached hydrogen (secondary N) is 2. The molecule has 2 rings (SSSR count). The third kappa shape index (κ3) is 2.85. The van der Waals surface area contributed by atoms with Gasteiger partial charge < -0.3 is 10.3 Å². The van der Waals surface area contributed by atoms with Crippen molar-refractivity contribution < 1.29 is 0 Å². The smallest absolute Gasteiger partial charge is 0.0925 e. The maximum absolute atomic E-state index is 4.32. The predicted octanol–water partition coefficient (Wildman–Crippen LogP) is 2.63. The van der Waals surface area contributed by atoms with Gasteiger partial charge in [-0.15, -0.1) is 0 Å². The Labute approximate surface area is 98.1 Å². The number of rotatable bonds is 3. The van der Waals surface area contributed by atoms with Gasteiger partial charge in [-0.1, -0.05) is 13.8 Å². The van der Waals surface area contributed by atoms with Crippen molar-refractivity contribution in [3.63, 3.8) is 0 Å². The number of H-pyrrole nitrogens is 1. The van der Waals surface area contributed by atoms with Gasteiger partial charge in [0.05, 0.1) is 12.0 Å². The monoisotopic (exact) mass is 221 g/mol. The van der Waals surface area contributed by atoms with E-state index >= 15 is 0 Å². The third-order valence-electron chi connectivity index (χ3n) is 3.67. The highest BCUT2D eigenvalue weighted by molar-refractivity contribution is 5.08. The van der Waals surface area contributed by atoms with E-state index in [1.165, 1.54) is 25.0 Å². The van der Waals surface area contributed by atoms with Crippen molar-refractivity contribution in [2.45, 2.75) is 52.6 Å². The summed E-state index contributed by atoms with van der Waals surface area (Å²) in [7, 11) is 0. The quantitative estimate of drug-likeness (QED) is 0.823. The number of aromatic nitrogens is 2. The van der Waals surface area contributed by atoms with Gasteiger partial charge in [-0.3, -0.25) is 0 Å². The summed E-state index contributed by atoms with van der Waals surface area (Å²) in [6, 6.07) is 0.676. The van der Waals surface area contributed by atoms with Crippen LogP contribution in [0.25, 0.3) is 0 Å². The molecule has 0 radical (unpaired) electrons. The molecule has 1 aliphatic carbocycles. The Morgan fingerprint density at radius 1 is 1.31 bits per heavy atom. The lowest BCUT2D eigenvalue weighted by Gasteiger charge is -2.32. The molecule has 1 heterocycles. The van der Waals surface area contributed by atoms with Crippen molar-refractivity contribution in [3.05, 3.63) is 17.7 Å². The van der Waals surface area contributed by atoms with Crippen LogP contribution in [-0.2, 0) is 6.54 Å². The highest BCUT2D eigenvalue weighted by atomic mass is 15.0. The molecule has 3 nitrogen and oxygen atoms in total. The minimum absolute atomic E-state index is 0.676. The summed E-state index contributed by atoms with van der Waals surface area (Å²) in [5.41, 5.74) is 2.34. The highest BCUT2D eigenvalue weighted by Crippen LogP contribution is 2.28. The molecule has 1 aromatic heterocycles. The molecule has 0 amide bonds. The summed E-state index contributed by atoms with van der Waals surface area (Å²) in [5, 5.41) is 3.64.